The van der Waals surface area contributed by atoms with Crippen LogP contribution in [0.2, 0.25) is 0 Å². The third kappa shape index (κ3) is 9.36. The van der Waals surface area contributed by atoms with Crippen LogP contribution in [0.5, 0.6) is 0 Å². The SMILES string of the molecule is CC(C)n1nc(-c2noc(C3CC3)c2-c2ncc(C3CCN(C(=O)OC4CCC(CCN5CCN(c6c(F)cc(N[C@H]7CCC(=O)NC7=O)cc6F)CC5)CC4)CC3)cn2)c2c(N)ncnc21. The summed E-state index contributed by atoms with van der Waals surface area (Å²) in [5.41, 5.74) is 9.91. The minimum absolute atomic E-state index is 0.0249. The van der Waals surface area contributed by atoms with Crippen molar-refractivity contribution in [3.63, 3.8) is 0 Å². The van der Waals surface area contributed by atoms with E-state index in [2.05, 4.69) is 30.7 Å². The molecule has 7 heterocycles. The van der Waals surface area contributed by atoms with E-state index in [0.29, 0.717) is 79.2 Å². The molecule has 5 fully saturated rings. The Morgan fingerprint density at radius 1 is 0.896 bits per heavy atom. The highest BCUT2D eigenvalue weighted by molar-refractivity contribution is 6.02. The van der Waals surface area contributed by atoms with Crippen molar-refractivity contribution in [2.45, 2.75) is 114 Å². The van der Waals surface area contributed by atoms with E-state index in [0.717, 1.165) is 81.2 Å². The summed E-state index contributed by atoms with van der Waals surface area (Å²) < 4.78 is 44.3. The Morgan fingerprint density at radius 2 is 1.61 bits per heavy atom. The number of nitrogens with zero attached hydrogens (tertiary/aromatic N) is 10. The molecule has 20 heteroatoms. The number of nitrogens with two attached hydrogens (primary N) is 1. The molecule has 3 saturated heterocycles. The maximum absolute atomic E-state index is 15.2. The predicted molar refractivity (Wildman–Crippen MR) is 244 cm³/mol. The first-order valence-corrected chi connectivity index (χ1v) is 23.8. The second-order valence-electron chi connectivity index (χ2n) is 19.1. The number of benzene rings is 1. The van der Waals surface area contributed by atoms with Crippen LogP contribution in [0.4, 0.5) is 30.8 Å². The highest BCUT2D eigenvalue weighted by Gasteiger charge is 2.37. The lowest BCUT2D eigenvalue weighted by Gasteiger charge is -2.37. The number of hydrogen-bond acceptors (Lipinski definition) is 15. The lowest BCUT2D eigenvalue weighted by atomic mass is 9.85. The van der Waals surface area contributed by atoms with E-state index >= 15 is 8.78 Å². The molecule has 5 aliphatic rings. The average molecular weight is 922 g/mol. The monoisotopic (exact) mass is 921 g/mol. The molecule has 67 heavy (non-hydrogen) atoms. The number of piperazine rings is 1. The molecule has 1 aromatic carbocycles. The smallest absolute Gasteiger partial charge is 0.410 e. The van der Waals surface area contributed by atoms with Gasteiger partial charge in [-0.3, -0.25) is 19.8 Å². The Labute approximate surface area is 386 Å². The van der Waals surface area contributed by atoms with Crippen LogP contribution in [0.15, 0.2) is 35.4 Å². The highest BCUT2D eigenvalue weighted by atomic mass is 19.1. The lowest BCUT2D eigenvalue weighted by molar-refractivity contribution is -0.133. The number of fused-ring (bicyclic) bond motifs is 1. The molecule has 0 radical (unpaired) electrons. The zero-order valence-electron chi connectivity index (χ0n) is 37.9. The maximum Gasteiger partial charge on any atom is 0.410 e. The van der Waals surface area contributed by atoms with Crippen molar-refractivity contribution in [1.29, 1.82) is 0 Å². The molecule has 2 aliphatic carbocycles. The van der Waals surface area contributed by atoms with Crippen LogP contribution < -0.4 is 21.3 Å². The van der Waals surface area contributed by atoms with E-state index in [1.165, 1.54) is 18.5 Å². The molecule has 18 nitrogen and oxygen atoms in total. The van der Waals surface area contributed by atoms with Gasteiger partial charge in [-0.1, -0.05) is 5.16 Å². The van der Waals surface area contributed by atoms with E-state index in [9.17, 15) is 14.4 Å². The first-order chi connectivity index (χ1) is 32.5. The summed E-state index contributed by atoms with van der Waals surface area (Å²) in [6.07, 6.45) is 13.5. The van der Waals surface area contributed by atoms with Gasteiger partial charge in [-0.05, 0) is 114 Å². The number of ether oxygens (including phenoxy) is 1. The second kappa shape index (κ2) is 18.8. The molecule has 4 aromatic heterocycles. The molecule has 10 rings (SSSR count). The van der Waals surface area contributed by atoms with Gasteiger partial charge < -0.3 is 30.1 Å². The number of imide groups is 1. The molecule has 3 amide bonds. The normalized spacial score (nSPS) is 22.1. The van der Waals surface area contributed by atoms with Crippen LogP contribution in [-0.2, 0) is 14.3 Å². The molecule has 354 valence electrons. The molecule has 4 N–H and O–H groups in total. The third-order valence-corrected chi connectivity index (χ3v) is 14.2. The quantitative estimate of drug-likeness (QED) is 0.113. The van der Waals surface area contributed by atoms with Crippen molar-refractivity contribution in [3.05, 3.63) is 53.8 Å². The fourth-order valence-corrected chi connectivity index (χ4v) is 10.2. The van der Waals surface area contributed by atoms with Gasteiger partial charge in [-0.2, -0.15) is 5.10 Å². The van der Waals surface area contributed by atoms with Gasteiger partial charge in [0.05, 0.1) is 10.9 Å². The minimum Gasteiger partial charge on any atom is -0.446 e. The number of carbonyl (C=O) groups excluding carboxylic acids is 3. The van der Waals surface area contributed by atoms with Gasteiger partial charge in [0.1, 0.15) is 41.4 Å². The Hall–Kier alpha value is -6.31. The van der Waals surface area contributed by atoms with E-state index in [1.807, 2.05) is 35.8 Å². The summed E-state index contributed by atoms with van der Waals surface area (Å²) in [5, 5.41) is 15.1. The number of likely N-dealkylation sites (tertiary alicyclic amines) is 1. The first-order valence-electron chi connectivity index (χ1n) is 23.8. The van der Waals surface area contributed by atoms with Crippen molar-refractivity contribution in [3.8, 4) is 22.8 Å². The Morgan fingerprint density at radius 3 is 2.28 bits per heavy atom. The number of nitrogens with one attached hydrogen (secondary N) is 2. The number of halogens is 2. The van der Waals surface area contributed by atoms with Gasteiger partial charge in [0.25, 0.3) is 0 Å². The predicted octanol–water partition coefficient (Wildman–Crippen LogP) is 6.56. The van der Waals surface area contributed by atoms with Crippen LogP contribution in [-0.4, -0.2) is 121 Å². The van der Waals surface area contributed by atoms with Crippen LogP contribution in [0.1, 0.15) is 114 Å². The van der Waals surface area contributed by atoms with Crippen molar-refractivity contribution < 1.29 is 32.4 Å². The molecule has 0 bridgehead atoms. The zero-order chi connectivity index (χ0) is 46.3. The number of piperidine rings is 2. The molecule has 1 atom stereocenters. The van der Waals surface area contributed by atoms with Crippen molar-refractivity contribution in [1.82, 2.24) is 50.0 Å². The standard InChI is InChI=1S/C47H57F2N13O5/c1-26(2)62-45-38(43(50)53-25-54-45)39(57-62)40-37(42(67-58-40)29-5-6-29)44-51-23-30(24-52-44)28-12-15-61(16-13-28)47(65)66-32-7-3-27(4-8-32)11-14-59-17-19-60(20-18-59)41-33(48)21-31(22-34(41)49)55-35-9-10-36(63)56-46(35)64/h21-29,32,35,55H,3-20H2,1-2H3,(H2,50,53,54)(H,56,63,64)/t27?,32?,35-/m0/s1. The number of carbonyl (C=O) groups is 3. The largest absolute Gasteiger partial charge is 0.446 e. The lowest BCUT2D eigenvalue weighted by Crippen LogP contribution is -2.48. The molecular weight excluding hydrogens is 865 g/mol. The van der Waals surface area contributed by atoms with Gasteiger partial charge in [-0.25, -0.2) is 38.2 Å². The highest BCUT2D eigenvalue weighted by Crippen LogP contribution is 2.48. The Kier molecular flexibility index (Phi) is 12.5. The van der Waals surface area contributed by atoms with Crippen LogP contribution in [0.3, 0.4) is 0 Å². The molecule has 0 spiro atoms. The fourth-order valence-electron chi connectivity index (χ4n) is 10.2. The summed E-state index contributed by atoms with van der Waals surface area (Å²) in [6, 6.07) is 1.72. The first kappa shape index (κ1) is 44.5. The Balaban J connectivity index is 0.667. The van der Waals surface area contributed by atoms with Gasteiger partial charge in [-0.15, -0.1) is 0 Å². The minimum atomic E-state index is -0.725. The topological polar surface area (TPSA) is 216 Å². The number of rotatable bonds is 12. The molecule has 0 unspecified atom stereocenters. The number of amides is 3. The number of hydrogen-bond donors (Lipinski definition) is 3. The summed E-state index contributed by atoms with van der Waals surface area (Å²) in [5.74, 6) is 0.332. The molecule has 3 aliphatic heterocycles. The van der Waals surface area contributed by atoms with E-state index in [4.69, 9.17) is 30.1 Å². The molecule has 2 saturated carbocycles. The van der Waals surface area contributed by atoms with Crippen LogP contribution in [0.25, 0.3) is 33.8 Å². The van der Waals surface area contributed by atoms with E-state index in [-0.39, 0.29) is 60.2 Å². The van der Waals surface area contributed by atoms with Crippen molar-refractivity contribution in [2.24, 2.45) is 5.92 Å². The van der Waals surface area contributed by atoms with E-state index < -0.39 is 23.6 Å². The summed E-state index contributed by atoms with van der Waals surface area (Å²) in [7, 11) is 0. The fraction of sp³-hybridized carbons (Fsp3) is 0.553. The van der Waals surface area contributed by atoms with Gasteiger partial charge in [0.2, 0.25) is 11.8 Å². The van der Waals surface area contributed by atoms with Crippen LogP contribution >= 0.6 is 0 Å². The van der Waals surface area contributed by atoms with Crippen LogP contribution in [0, 0.1) is 17.6 Å². The molecule has 5 aromatic rings. The third-order valence-electron chi connectivity index (χ3n) is 14.2. The number of anilines is 3. The van der Waals surface area contributed by atoms with E-state index in [1.54, 1.807) is 4.90 Å². The van der Waals surface area contributed by atoms with Crippen molar-refractivity contribution >= 4 is 46.1 Å². The van der Waals surface area contributed by atoms with Gasteiger partial charge in [0.15, 0.2) is 28.9 Å². The summed E-state index contributed by atoms with van der Waals surface area (Å²) in [6.45, 7) is 8.53. The zero-order valence-corrected chi connectivity index (χ0v) is 37.9. The van der Waals surface area contributed by atoms with Crippen molar-refractivity contribution in [2.75, 3.05) is 61.8 Å². The summed E-state index contributed by atoms with van der Waals surface area (Å²) >= 11 is 0. The Bertz CT molecular complexity index is 2610. The summed E-state index contributed by atoms with van der Waals surface area (Å²) in [4.78, 5) is 61.2. The second-order valence-corrected chi connectivity index (χ2v) is 19.1. The van der Waals surface area contributed by atoms with Gasteiger partial charge in [0, 0.05) is 75.7 Å². The molecular formula is C47H57F2N13O5. The number of aromatic nitrogens is 7. The van der Waals surface area contributed by atoms with Gasteiger partial charge >= 0.3 is 6.09 Å². The number of nitrogen functional groups attached to an aromatic ring is 1. The maximum atomic E-state index is 15.2. The average Bonchev–Trinajstić information content (AvgIpc) is 3.95.